The Hall–Kier alpha value is -2.72. The molecule has 14 heteroatoms. The molecule has 0 bridgehead atoms. The second-order valence-electron chi connectivity index (χ2n) is 11.3. The molecule has 0 saturated carbocycles. The molecule has 4 rings (SSSR count). The highest BCUT2D eigenvalue weighted by Gasteiger charge is 2.60. The quantitative estimate of drug-likeness (QED) is 0.0724. The molecule has 0 aromatic rings. The van der Waals surface area contributed by atoms with Crippen molar-refractivity contribution in [2.75, 3.05) is 33.4 Å². The summed E-state index contributed by atoms with van der Waals surface area (Å²) in [5.74, 6) is -2.14. The molecule has 0 aromatic carbocycles. The van der Waals surface area contributed by atoms with Crippen molar-refractivity contribution in [1.82, 2.24) is 19.6 Å². The monoisotopic (exact) mass is 729 g/mol. The second kappa shape index (κ2) is 13.5. The van der Waals surface area contributed by atoms with Gasteiger partial charge in [0, 0.05) is 54.5 Å². The predicted molar refractivity (Wildman–Crippen MR) is 170 cm³/mol. The van der Waals surface area contributed by atoms with Gasteiger partial charge in [-0.2, -0.15) is 0 Å². The van der Waals surface area contributed by atoms with Crippen molar-refractivity contribution in [3.05, 3.63) is 48.3 Å². The van der Waals surface area contributed by atoms with Crippen LogP contribution >= 0.6 is 34.4 Å². The summed E-state index contributed by atoms with van der Waals surface area (Å²) in [6.45, 7) is 11.3. The molecule has 4 heterocycles. The van der Waals surface area contributed by atoms with Crippen LogP contribution in [0.4, 0.5) is 4.79 Å². The lowest BCUT2D eigenvalue weighted by Gasteiger charge is -2.46. The first-order valence-electron chi connectivity index (χ1n) is 14.2. The molecule has 236 valence electrons. The van der Waals surface area contributed by atoms with Gasteiger partial charge in [0.1, 0.15) is 18.9 Å². The van der Waals surface area contributed by atoms with Crippen LogP contribution in [-0.2, 0) is 23.9 Å². The van der Waals surface area contributed by atoms with Crippen LogP contribution in [0.3, 0.4) is 0 Å². The number of ether oxygens (including phenoxy) is 2. The molecule has 4 aliphatic rings. The SMILES string of the molecule is C=CCOC(=O)C1=C(S[C@H]2C[C@@H](CCC3(I)N(C)C=CN3CC(N)=O)N(C(=O)OCC=C)C2)[C@H](C)[C@@H]2[C@@H]([C@@H](C)O)C(=O)N12. The van der Waals surface area contributed by atoms with E-state index in [1.54, 1.807) is 11.8 Å². The third kappa shape index (κ3) is 6.41. The minimum absolute atomic E-state index is 0.00371. The molecular weight excluding hydrogens is 689 g/mol. The Morgan fingerprint density at radius 2 is 1.93 bits per heavy atom. The molecule has 7 atom stereocenters. The summed E-state index contributed by atoms with van der Waals surface area (Å²) in [6.07, 6.45) is 7.27. The molecule has 1 unspecified atom stereocenters. The number of aliphatic hydroxyl groups is 1. The molecule has 2 fully saturated rings. The first kappa shape index (κ1) is 33.2. The zero-order chi connectivity index (χ0) is 31.6. The molecule has 3 N–H and O–H groups in total. The molecule has 12 nitrogen and oxygen atoms in total. The van der Waals surface area contributed by atoms with E-state index in [0.717, 1.165) is 4.91 Å². The van der Waals surface area contributed by atoms with Crippen LogP contribution in [-0.4, -0.2) is 109 Å². The highest BCUT2D eigenvalue weighted by molar-refractivity contribution is 14.1. The Labute approximate surface area is 270 Å². The van der Waals surface area contributed by atoms with Gasteiger partial charge in [0.15, 0.2) is 3.67 Å². The molecule has 2 saturated heterocycles. The summed E-state index contributed by atoms with van der Waals surface area (Å²) < 4.78 is 10.3. The van der Waals surface area contributed by atoms with Crippen LogP contribution in [0.15, 0.2) is 48.3 Å². The first-order valence-corrected chi connectivity index (χ1v) is 16.2. The van der Waals surface area contributed by atoms with Crippen LogP contribution in [0, 0.1) is 11.8 Å². The Balaban J connectivity index is 1.56. The van der Waals surface area contributed by atoms with Gasteiger partial charge >= 0.3 is 12.1 Å². The van der Waals surface area contributed by atoms with Gasteiger partial charge in [-0.3, -0.25) is 9.59 Å². The largest absolute Gasteiger partial charge is 0.457 e. The van der Waals surface area contributed by atoms with E-state index in [1.807, 2.05) is 36.2 Å². The van der Waals surface area contributed by atoms with Crippen molar-refractivity contribution in [3.63, 3.8) is 0 Å². The number of hydrogen-bond acceptors (Lipinski definition) is 10. The molecule has 0 spiro atoms. The predicted octanol–water partition coefficient (Wildman–Crippen LogP) is 2.36. The van der Waals surface area contributed by atoms with E-state index in [4.69, 9.17) is 15.2 Å². The number of nitrogens with zero attached hydrogens (tertiary/aromatic N) is 4. The normalized spacial score (nSPS) is 30.3. The maximum Gasteiger partial charge on any atom is 0.410 e. The average Bonchev–Trinajstić information content (AvgIpc) is 3.56. The summed E-state index contributed by atoms with van der Waals surface area (Å²) in [7, 11) is 1.93. The molecular formula is C29H40IN5O7S. The highest BCUT2D eigenvalue weighted by Crippen LogP contribution is 2.53. The number of fused-ring (bicyclic) bond motifs is 1. The molecule has 0 aliphatic carbocycles. The van der Waals surface area contributed by atoms with E-state index in [9.17, 15) is 24.3 Å². The summed E-state index contributed by atoms with van der Waals surface area (Å²) >= 11 is 3.80. The molecule has 4 aliphatic heterocycles. The number of hydrogen-bond donors (Lipinski definition) is 2. The Morgan fingerprint density at radius 3 is 2.56 bits per heavy atom. The first-order chi connectivity index (χ1) is 20.3. The molecule has 0 radical (unpaired) electrons. The van der Waals surface area contributed by atoms with Crippen LogP contribution in [0.25, 0.3) is 0 Å². The second-order valence-corrected chi connectivity index (χ2v) is 14.3. The number of alkyl halides is 1. The van der Waals surface area contributed by atoms with Crippen LogP contribution in [0.2, 0.25) is 0 Å². The zero-order valence-electron chi connectivity index (χ0n) is 24.7. The van der Waals surface area contributed by atoms with E-state index in [1.165, 1.54) is 28.8 Å². The van der Waals surface area contributed by atoms with E-state index in [0.29, 0.717) is 25.8 Å². The number of esters is 1. The number of carbonyl (C=O) groups is 4. The number of aliphatic hydroxyl groups excluding tert-OH is 1. The van der Waals surface area contributed by atoms with E-state index in [2.05, 4.69) is 35.7 Å². The van der Waals surface area contributed by atoms with E-state index < -0.39 is 33.7 Å². The Kier molecular flexibility index (Phi) is 10.4. The van der Waals surface area contributed by atoms with Gasteiger partial charge in [-0.05, 0) is 42.4 Å². The topological polar surface area (TPSA) is 146 Å². The van der Waals surface area contributed by atoms with Crippen molar-refractivity contribution >= 4 is 58.2 Å². The summed E-state index contributed by atoms with van der Waals surface area (Å²) in [5.41, 5.74) is 5.70. The van der Waals surface area contributed by atoms with Gasteiger partial charge in [0.25, 0.3) is 0 Å². The standard InChI is InChI=1S/C29H40IN5O7S/c1-6-12-41-27(39)24-25(17(3)23-22(18(4)36)26(38)35(23)24)43-20-14-19(34(15-20)28(40)42-13-7-2)8-9-29(30)32(5)10-11-33(29)16-21(31)37/h6-7,10-11,17-20,22-23,36H,1-2,8-9,12-16H2,3-5H3,(H2,31,37)/t17-,18-,19-,20+,22-,23-,29?/m1/s1. The van der Waals surface area contributed by atoms with E-state index >= 15 is 0 Å². The fourth-order valence-corrected chi connectivity index (χ4v) is 8.71. The van der Waals surface area contributed by atoms with Crippen molar-refractivity contribution < 1.29 is 33.8 Å². The number of primary amides is 1. The average molecular weight is 730 g/mol. The van der Waals surface area contributed by atoms with Crippen LogP contribution in [0.1, 0.15) is 33.1 Å². The van der Waals surface area contributed by atoms with E-state index in [-0.39, 0.29) is 54.6 Å². The van der Waals surface area contributed by atoms with Crippen molar-refractivity contribution in [3.8, 4) is 0 Å². The van der Waals surface area contributed by atoms with Crippen LogP contribution in [0.5, 0.6) is 0 Å². The number of thioether (sulfide) groups is 1. The van der Waals surface area contributed by atoms with Gasteiger partial charge in [-0.15, -0.1) is 11.8 Å². The number of β-lactam (4-membered cyclic amide) rings is 1. The van der Waals surface area contributed by atoms with Gasteiger partial charge in [0.05, 0.1) is 24.6 Å². The van der Waals surface area contributed by atoms with Gasteiger partial charge < -0.3 is 39.9 Å². The lowest BCUT2D eigenvalue weighted by Crippen LogP contribution is -2.63. The molecule has 3 amide bonds. The van der Waals surface area contributed by atoms with Gasteiger partial charge in [-0.1, -0.05) is 32.2 Å². The fourth-order valence-electron chi connectivity index (χ4n) is 6.34. The molecule has 0 aromatic heterocycles. The summed E-state index contributed by atoms with van der Waals surface area (Å²) in [6, 6.07) is -0.518. The third-order valence-electron chi connectivity index (χ3n) is 8.44. The number of nitrogens with two attached hydrogens (primary N) is 1. The number of halogens is 1. The lowest BCUT2D eigenvalue weighted by atomic mass is 9.79. The van der Waals surface area contributed by atoms with Crippen molar-refractivity contribution in [2.24, 2.45) is 17.6 Å². The summed E-state index contributed by atoms with van der Waals surface area (Å²) in [5, 5.41) is 10.2. The Morgan fingerprint density at radius 1 is 1.26 bits per heavy atom. The lowest BCUT2D eigenvalue weighted by molar-refractivity contribution is -0.164. The minimum atomic E-state index is -0.852. The smallest absolute Gasteiger partial charge is 0.410 e. The fraction of sp³-hybridized carbons (Fsp3) is 0.586. The Bertz CT molecular complexity index is 1230. The van der Waals surface area contributed by atoms with Crippen molar-refractivity contribution in [1.29, 1.82) is 0 Å². The number of carbonyl (C=O) groups excluding carboxylic acids is 4. The van der Waals surface area contributed by atoms with Crippen molar-refractivity contribution in [2.45, 2.75) is 60.2 Å². The minimum Gasteiger partial charge on any atom is -0.457 e. The third-order valence-corrected chi connectivity index (χ3v) is 11.8. The number of rotatable bonds is 13. The van der Waals surface area contributed by atoms with Crippen LogP contribution < -0.4 is 5.73 Å². The summed E-state index contributed by atoms with van der Waals surface area (Å²) in [4.78, 5) is 58.9. The van der Waals surface area contributed by atoms with Gasteiger partial charge in [-0.25, -0.2) is 9.59 Å². The molecule has 43 heavy (non-hydrogen) atoms. The maximum atomic E-state index is 13.2. The highest BCUT2D eigenvalue weighted by atomic mass is 127. The zero-order valence-corrected chi connectivity index (χ0v) is 27.7. The maximum absolute atomic E-state index is 13.2. The number of likely N-dealkylation sites (tertiary alicyclic amines) is 1. The number of amides is 3. The van der Waals surface area contributed by atoms with Gasteiger partial charge in [0.2, 0.25) is 11.8 Å².